The van der Waals surface area contributed by atoms with Crippen LogP contribution < -0.4 is 4.90 Å². The Morgan fingerprint density at radius 3 is 1.75 bits per heavy atom. The molecule has 0 saturated carbocycles. The summed E-state index contributed by atoms with van der Waals surface area (Å²) in [5.41, 5.74) is 2.99. The molecule has 0 heterocycles. The van der Waals surface area contributed by atoms with Gasteiger partial charge in [-0.1, -0.05) is 19.6 Å². The molecule has 0 saturated heterocycles. The topological polar surface area (TPSA) is 141 Å². The molecule has 1 aliphatic rings. The van der Waals surface area contributed by atoms with Gasteiger partial charge in [-0.25, -0.2) is 21.4 Å². The Morgan fingerprint density at radius 1 is 0.825 bits per heavy atom. The smallest absolute Gasteiger partial charge is 0.744 e. The minimum Gasteiger partial charge on any atom is -0.744 e. The zero-order valence-corrected chi connectivity index (χ0v) is 26.3. The van der Waals surface area contributed by atoms with Crippen LogP contribution in [-0.4, -0.2) is 105 Å². The van der Waals surface area contributed by atoms with Crippen LogP contribution in [0.5, 0.6) is 5.75 Å². The van der Waals surface area contributed by atoms with Gasteiger partial charge in [-0.2, -0.15) is 0 Å². The summed E-state index contributed by atoms with van der Waals surface area (Å²) < 4.78 is 73.9. The number of benzene rings is 2. The summed E-state index contributed by atoms with van der Waals surface area (Å²) >= 11 is 0. The molecular formula is C28H35CaN2O7S2+. The maximum absolute atomic E-state index is 12.3. The fourth-order valence-corrected chi connectivity index (χ4v) is 5.83. The van der Waals surface area contributed by atoms with E-state index in [-0.39, 0.29) is 56.3 Å². The second-order valence-corrected chi connectivity index (χ2v) is 11.2. The third-order valence-corrected chi connectivity index (χ3v) is 8.18. The van der Waals surface area contributed by atoms with Crippen molar-refractivity contribution < 1.29 is 35.6 Å². The van der Waals surface area contributed by atoms with Gasteiger partial charge in [0.15, 0.2) is 5.71 Å². The molecular weight excluding hydrogens is 581 g/mol. The molecule has 2 aromatic rings. The zero-order chi connectivity index (χ0) is 28.3. The van der Waals surface area contributed by atoms with E-state index < -0.39 is 35.8 Å². The fourth-order valence-electron chi connectivity index (χ4n) is 4.49. The van der Waals surface area contributed by atoms with E-state index in [0.29, 0.717) is 17.2 Å². The van der Waals surface area contributed by atoms with Crippen molar-refractivity contribution in [2.24, 2.45) is 0 Å². The van der Waals surface area contributed by atoms with Crippen LogP contribution in [0.3, 0.4) is 0 Å². The Balaban J connectivity index is 0.00000400. The number of phenols is 1. The van der Waals surface area contributed by atoms with Crippen LogP contribution >= 0.6 is 0 Å². The van der Waals surface area contributed by atoms with Crippen LogP contribution in [0.15, 0.2) is 76.1 Å². The van der Waals surface area contributed by atoms with Gasteiger partial charge in [0, 0.05) is 36.5 Å². The van der Waals surface area contributed by atoms with Crippen molar-refractivity contribution in [2.45, 2.75) is 44.9 Å². The quantitative estimate of drug-likeness (QED) is 0.256. The summed E-state index contributed by atoms with van der Waals surface area (Å²) in [5.74, 6) is -0.945. The van der Waals surface area contributed by atoms with Gasteiger partial charge in [-0.15, -0.1) is 0 Å². The summed E-state index contributed by atoms with van der Waals surface area (Å²) in [7, 11) is -10.5. The van der Waals surface area contributed by atoms with Gasteiger partial charge >= 0.3 is 37.7 Å². The molecule has 2 aromatic carbocycles. The van der Waals surface area contributed by atoms with Gasteiger partial charge < -0.3 is 19.1 Å². The Bertz CT molecular complexity index is 1530. The Kier molecular flexibility index (Phi) is 13.3. The molecule has 212 valence electrons. The van der Waals surface area contributed by atoms with E-state index in [1.165, 1.54) is 0 Å². The molecule has 0 bridgehead atoms. The molecule has 0 amide bonds. The van der Waals surface area contributed by atoms with Crippen molar-refractivity contribution in [1.29, 1.82) is 0 Å². The zero-order valence-electron chi connectivity index (χ0n) is 22.4. The number of anilines is 1. The summed E-state index contributed by atoms with van der Waals surface area (Å²) in [5, 5.41) is 10.4. The van der Waals surface area contributed by atoms with Crippen LogP contribution in [-0.2, 0) is 20.2 Å². The van der Waals surface area contributed by atoms with Crippen LogP contribution in [0.2, 0.25) is 0 Å². The number of hydrogen-bond acceptors (Lipinski definition) is 8. The van der Waals surface area contributed by atoms with Crippen molar-refractivity contribution in [3.05, 3.63) is 77.4 Å². The third kappa shape index (κ3) is 8.06. The first-order chi connectivity index (χ1) is 17.8. The third-order valence-electron chi connectivity index (χ3n) is 6.44. The fraction of sp³-hybridized carbons (Fsp3) is 0.321. The average molecular weight is 616 g/mol. The summed E-state index contributed by atoms with van der Waals surface area (Å²) in [6, 6.07) is 8.52. The van der Waals surface area contributed by atoms with Gasteiger partial charge in [-0.05, 0) is 80.8 Å². The van der Waals surface area contributed by atoms with Gasteiger partial charge in [0.1, 0.15) is 39.1 Å². The van der Waals surface area contributed by atoms with E-state index in [1.807, 2.05) is 52.0 Å². The van der Waals surface area contributed by atoms with Gasteiger partial charge in [0.2, 0.25) is 0 Å². The van der Waals surface area contributed by atoms with E-state index in [2.05, 4.69) is 9.48 Å². The summed E-state index contributed by atoms with van der Waals surface area (Å²) in [6.45, 7) is 11.2. The normalized spacial score (nSPS) is 12.9. The molecule has 3 rings (SSSR count). The number of nitrogens with zero attached hydrogens (tertiary/aromatic N) is 2. The molecule has 9 nitrogen and oxygen atoms in total. The predicted octanol–water partition coefficient (Wildman–Crippen LogP) is 3.72. The molecule has 40 heavy (non-hydrogen) atoms. The first kappa shape index (κ1) is 36.0. The largest absolute Gasteiger partial charge is 2.00 e. The summed E-state index contributed by atoms with van der Waals surface area (Å²) in [4.78, 5) is 0.0272. The number of phenolic OH excluding ortho intramolecular Hbond substituents is 1. The first-order valence-electron chi connectivity index (χ1n) is 12.2. The maximum atomic E-state index is 12.3. The molecule has 0 aliphatic heterocycles. The monoisotopic (exact) mass is 615 g/mol. The van der Waals surface area contributed by atoms with E-state index in [4.69, 9.17) is 0 Å². The standard InChI is InChI=1S/C27H32N2O7S2.CH4.Ca/c1-5-28(6-2)21-13-9-19(10-14-21)27(20-11-15-22(16-12-20)29(7-3)8-4)23-17-24(30)26(38(34,35)36)18-25(23)37(31,32)33;;/h9-18H,5-8H2,1-4H3,(H2-,30,31,32,33,34,35,36);1H4;/q;;+2/p-1. The number of allylic oxidation sites excluding steroid dienone is 5. The molecule has 1 aliphatic carbocycles. The van der Waals surface area contributed by atoms with Gasteiger partial charge in [-0.3, -0.25) is 0 Å². The molecule has 0 aromatic heterocycles. The average Bonchev–Trinajstić information content (AvgIpc) is 2.86. The van der Waals surface area contributed by atoms with Crippen LogP contribution in [0, 0.1) is 0 Å². The van der Waals surface area contributed by atoms with Crippen LogP contribution in [0.4, 0.5) is 5.69 Å². The Labute approximate surface area is 267 Å². The predicted molar refractivity (Wildman–Crippen MR) is 157 cm³/mol. The number of hydrogen-bond donors (Lipinski definition) is 1. The molecule has 0 atom stereocenters. The van der Waals surface area contributed by atoms with Gasteiger partial charge in [0.05, 0.1) is 9.79 Å². The first-order valence-corrected chi connectivity index (χ1v) is 15.0. The summed E-state index contributed by atoms with van der Waals surface area (Å²) in [6.07, 6.45) is 7.23. The van der Waals surface area contributed by atoms with Crippen molar-refractivity contribution in [3.63, 3.8) is 0 Å². The molecule has 12 heteroatoms. The van der Waals surface area contributed by atoms with Crippen molar-refractivity contribution >= 4 is 74.9 Å². The van der Waals surface area contributed by atoms with Crippen molar-refractivity contribution in [3.8, 4) is 5.75 Å². The number of rotatable bonds is 9. The minimum atomic E-state index is -5.25. The minimum absolute atomic E-state index is 0. The van der Waals surface area contributed by atoms with E-state index in [9.17, 15) is 31.0 Å². The van der Waals surface area contributed by atoms with Crippen LogP contribution in [0.1, 0.15) is 46.2 Å². The second kappa shape index (κ2) is 14.8. The number of aromatic hydroxyl groups is 1. The van der Waals surface area contributed by atoms with Gasteiger partial charge in [0.25, 0.3) is 0 Å². The Morgan fingerprint density at radius 2 is 1.32 bits per heavy atom. The molecule has 0 radical (unpaired) electrons. The Hall–Kier alpha value is -1.99. The van der Waals surface area contributed by atoms with Crippen molar-refractivity contribution in [2.75, 3.05) is 31.1 Å². The SMILES string of the molecule is C.CCN(CC)c1ccc(C(=C2C=CC(=[N+](CC)CC)C=C2)c2cc(O)c(S(=O)(=O)[O-])cc2S(=O)(=O)[O-])cc1.[Ca+2]. The van der Waals surface area contributed by atoms with E-state index >= 15 is 0 Å². The molecule has 0 fully saturated rings. The van der Waals surface area contributed by atoms with Crippen LogP contribution in [0.25, 0.3) is 5.57 Å². The molecule has 1 N–H and O–H groups in total. The van der Waals surface area contributed by atoms with E-state index in [0.717, 1.165) is 43.6 Å². The molecule has 0 spiro atoms. The van der Waals surface area contributed by atoms with E-state index in [1.54, 1.807) is 24.3 Å². The van der Waals surface area contributed by atoms with Crippen molar-refractivity contribution in [1.82, 2.24) is 0 Å². The maximum Gasteiger partial charge on any atom is 2.00 e. The molecule has 0 unspecified atom stereocenters. The second-order valence-electron chi connectivity index (χ2n) is 8.54.